The first-order valence-corrected chi connectivity index (χ1v) is 8.84. The van der Waals surface area contributed by atoms with Crippen LogP contribution >= 0.6 is 0 Å². The van der Waals surface area contributed by atoms with Gasteiger partial charge in [0, 0.05) is 25.0 Å². The number of carbonyl (C=O) groups is 1. The molecule has 0 aliphatic heterocycles. The molecule has 1 N–H and O–H groups in total. The molecule has 0 fully saturated rings. The number of hydrogen-bond acceptors (Lipinski definition) is 4. The fraction of sp³-hybridized carbons (Fsp3) is 0.300. The summed E-state index contributed by atoms with van der Waals surface area (Å²) in [4.78, 5) is 42.4. The van der Waals surface area contributed by atoms with Crippen LogP contribution in [0.2, 0.25) is 0 Å². The molecule has 0 saturated heterocycles. The van der Waals surface area contributed by atoms with Crippen LogP contribution in [0.1, 0.15) is 38.4 Å². The van der Waals surface area contributed by atoms with Crippen molar-refractivity contribution in [2.24, 2.45) is 0 Å². The van der Waals surface area contributed by atoms with E-state index in [1.54, 1.807) is 63.5 Å². The average Bonchev–Trinajstić information content (AvgIpc) is 2.66. The van der Waals surface area contributed by atoms with Gasteiger partial charge in [0.25, 0.3) is 5.56 Å². The van der Waals surface area contributed by atoms with Gasteiger partial charge >= 0.3 is 5.69 Å². The number of benzene rings is 1. The molecule has 3 aromatic rings. The Bertz CT molecular complexity index is 1080. The van der Waals surface area contributed by atoms with Gasteiger partial charge in [-0.15, -0.1) is 0 Å². The number of fused-ring (bicyclic) bond motifs is 1. The van der Waals surface area contributed by atoms with Crippen molar-refractivity contribution in [3.8, 4) is 0 Å². The van der Waals surface area contributed by atoms with E-state index in [2.05, 4.69) is 10.3 Å². The number of amides is 1. The van der Waals surface area contributed by atoms with Gasteiger partial charge in [-0.1, -0.05) is 18.2 Å². The van der Waals surface area contributed by atoms with E-state index >= 15 is 0 Å². The minimum Gasteiger partial charge on any atom is -0.350 e. The van der Waals surface area contributed by atoms with Crippen molar-refractivity contribution in [2.45, 2.75) is 39.4 Å². The minimum atomic E-state index is -0.773. The Labute approximate surface area is 156 Å². The van der Waals surface area contributed by atoms with Gasteiger partial charge in [-0.05, 0) is 44.5 Å². The van der Waals surface area contributed by atoms with E-state index in [-0.39, 0.29) is 17.5 Å². The molecule has 1 amide bonds. The molecule has 0 bridgehead atoms. The maximum Gasteiger partial charge on any atom is 0.332 e. The third-order valence-corrected chi connectivity index (χ3v) is 4.50. The van der Waals surface area contributed by atoms with Gasteiger partial charge in [0.05, 0.1) is 10.9 Å². The summed E-state index contributed by atoms with van der Waals surface area (Å²) in [6.45, 7) is 5.51. The minimum absolute atomic E-state index is 0.305. The van der Waals surface area contributed by atoms with E-state index in [9.17, 15) is 14.4 Å². The highest BCUT2D eigenvalue weighted by Crippen LogP contribution is 2.14. The van der Waals surface area contributed by atoms with Crippen LogP contribution in [0.25, 0.3) is 10.9 Å². The molecular weight excluding hydrogens is 344 g/mol. The molecule has 7 heteroatoms. The first-order chi connectivity index (χ1) is 12.9. The fourth-order valence-corrected chi connectivity index (χ4v) is 3.09. The van der Waals surface area contributed by atoms with Crippen molar-refractivity contribution >= 4 is 16.8 Å². The first-order valence-electron chi connectivity index (χ1n) is 8.84. The summed E-state index contributed by atoms with van der Waals surface area (Å²) < 4.78 is 2.57. The number of aromatic nitrogens is 3. The second-order valence-electron chi connectivity index (χ2n) is 6.69. The standard InChI is InChI=1S/C20H22N4O3/c1-13(2)23-19(26)16-8-4-5-9-17(16)24(20(23)27)14(3)18(25)22-12-15-7-6-10-21-11-15/h4-11,13-14H,12H2,1-3H3,(H,22,25). The number of para-hydroxylation sites is 1. The SMILES string of the molecule is CC(C)n1c(=O)c2ccccc2n(C(C)C(=O)NCc2cccnc2)c1=O. The lowest BCUT2D eigenvalue weighted by atomic mass is 10.2. The van der Waals surface area contributed by atoms with Crippen molar-refractivity contribution < 1.29 is 4.79 Å². The van der Waals surface area contributed by atoms with Gasteiger partial charge in [-0.25, -0.2) is 4.79 Å². The lowest BCUT2D eigenvalue weighted by molar-refractivity contribution is -0.124. The smallest absolute Gasteiger partial charge is 0.332 e. The number of hydrogen-bond donors (Lipinski definition) is 1. The van der Waals surface area contributed by atoms with Crippen LogP contribution in [0, 0.1) is 0 Å². The Hall–Kier alpha value is -3.22. The van der Waals surface area contributed by atoms with E-state index in [1.807, 2.05) is 6.07 Å². The fourth-order valence-electron chi connectivity index (χ4n) is 3.09. The average molecular weight is 366 g/mol. The molecule has 0 aliphatic carbocycles. The molecular formula is C20H22N4O3. The molecule has 3 rings (SSSR count). The van der Waals surface area contributed by atoms with Crippen LogP contribution in [-0.2, 0) is 11.3 Å². The molecule has 7 nitrogen and oxygen atoms in total. The molecule has 0 radical (unpaired) electrons. The van der Waals surface area contributed by atoms with Gasteiger partial charge < -0.3 is 5.32 Å². The van der Waals surface area contributed by atoms with E-state index < -0.39 is 11.7 Å². The second kappa shape index (κ2) is 7.57. The third kappa shape index (κ3) is 3.53. The lowest BCUT2D eigenvalue weighted by Crippen LogP contribution is -2.44. The van der Waals surface area contributed by atoms with Crippen LogP contribution in [0.4, 0.5) is 0 Å². The first kappa shape index (κ1) is 18.6. The number of nitrogens with one attached hydrogen (secondary N) is 1. The zero-order valence-corrected chi connectivity index (χ0v) is 15.5. The summed E-state index contributed by atoms with van der Waals surface area (Å²) in [6, 6.07) is 9.42. The number of nitrogens with zero attached hydrogens (tertiary/aromatic N) is 3. The van der Waals surface area contributed by atoms with Crippen LogP contribution < -0.4 is 16.6 Å². The van der Waals surface area contributed by atoms with E-state index in [4.69, 9.17) is 0 Å². The highest BCUT2D eigenvalue weighted by Gasteiger charge is 2.22. The van der Waals surface area contributed by atoms with Crippen LogP contribution in [0.15, 0.2) is 58.4 Å². The molecule has 1 atom stereocenters. The normalized spacial score (nSPS) is 12.3. The Morgan fingerprint density at radius 2 is 1.81 bits per heavy atom. The predicted octanol–water partition coefficient (Wildman–Crippen LogP) is 2.02. The zero-order chi connectivity index (χ0) is 19.6. The third-order valence-electron chi connectivity index (χ3n) is 4.50. The van der Waals surface area contributed by atoms with Gasteiger partial charge in [-0.2, -0.15) is 0 Å². The van der Waals surface area contributed by atoms with Crippen molar-refractivity contribution in [1.82, 2.24) is 19.4 Å². The highest BCUT2D eigenvalue weighted by atomic mass is 16.2. The van der Waals surface area contributed by atoms with Crippen LogP contribution in [0.3, 0.4) is 0 Å². The monoisotopic (exact) mass is 366 g/mol. The molecule has 2 aromatic heterocycles. The summed E-state index contributed by atoms with van der Waals surface area (Å²) >= 11 is 0. The largest absolute Gasteiger partial charge is 0.350 e. The molecule has 27 heavy (non-hydrogen) atoms. The summed E-state index contributed by atoms with van der Waals surface area (Å²) in [5.41, 5.74) is 0.485. The van der Waals surface area contributed by atoms with Crippen molar-refractivity contribution in [1.29, 1.82) is 0 Å². The van der Waals surface area contributed by atoms with Crippen molar-refractivity contribution in [3.63, 3.8) is 0 Å². The van der Waals surface area contributed by atoms with Crippen LogP contribution in [-0.4, -0.2) is 20.0 Å². The van der Waals surface area contributed by atoms with E-state index in [0.717, 1.165) is 5.56 Å². The van der Waals surface area contributed by atoms with Gasteiger partial charge in [0.15, 0.2) is 0 Å². The molecule has 140 valence electrons. The maximum atomic E-state index is 13.0. The molecule has 0 aliphatic rings. The molecule has 1 aromatic carbocycles. The van der Waals surface area contributed by atoms with E-state index in [1.165, 1.54) is 9.13 Å². The number of rotatable bonds is 5. The Kier molecular flexibility index (Phi) is 5.21. The van der Waals surface area contributed by atoms with E-state index in [0.29, 0.717) is 17.4 Å². The quantitative estimate of drug-likeness (QED) is 0.748. The Balaban J connectivity index is 2.03. The predicted molar refractivity (Wildman–Crippen MR) is 104 cm³/mol. The summed E-state index contributed by atoms with van der Waals surface area (Å²) in [7, 11) is 0. The summed E-state index contributed by atoms with van der Waals surface area (Å²) in [5.74, 6) is -0.305. The zero-order valence-electron chi connectivity index (χ0n) is 15.5. The molecule has 0 spiro atoms. The number of pyridine rings is 1. The molecule has 0 saturated carbocycles. The summed E-state index contributed by atoms with van der Waals surface area (Å²) in [6.07, 6.45) is 3.33. The number of carbonyl (C=O) groups excluding carboxylic acids is 1. The van der Waals surface area contributed by atoms with Gasteiger partial charge in [-0.3, -0.25) is 23.7 Å². The lowest BCUT2D eigenvalue weighted by Gasteiger charge is -2.20. The Morgan fingerprint density at radius 1 is 1.07 bits per heavy atom. The second-order valence-corrected chi connectivity index (χ2v) is 6.69. The van der Waals surface area contributed by atoms with Gasteiger partial charge in [0.1, 0.15) is 6.04 Å². The summed E-state index contributed by atoms with van der Waals surface area (Å²) in [5, 5.41) is 3.24. The maximum absolute atomic E-state index is 13.0. The van der Waals surface area contributed by atoms with Crippen molar-refractivity contribution in [3.05, 3.63) is 75.2 Å². The van der Waals surface area contributed by atoms with Crippen LogP contribution in [0.5, 0.6) is 0 Å². The van der Waals surface area contributed by atoms with Gasteiger partial charge in [0.2, 0.25) is 5.91 Å². The molecule has 2 heterocycles. The Morgan fingerprint density at radius 3 is 2.48 bits per heavy atom. The topological polar surface area (TPSA) is 86.0 Å². The highest BCUT2D eigenvalue weighted by molar-refractivity contribution is 5.84. The van der Waals surface area contributed by atoms with Crippen molar-refractivity contribution in [2.75, 3.05) is 0 Å². The molecule has 1 unspecified atom stereocenters.